The predicted molar refractivity (Wildman–Crippen MR) is 165 cm³/mol. The van der Waals surface area contributed by atoms with E-state index in [0.29, 0.717) is 34.4 Å². The zero-order chi connectivity index (χ0) is 30.7. The molecule has 0 fully saturated rings. The molecule has 0 bridgehead atoms. The minimum absolute atomic E-state index is 0.181. The third-order valence-corrected chi connectivity index (χ3v) is 7.56. The zero-order valence-electron chi connectivity index (χ0n) is 25.2. The van der Waals surface area contributed by atoms with Crippen molar-refractivity contribution in [3.63, 3.8) is 0 Å². The molecule has 0 saturated heterocycles. The summed E-state index contributed by atoms with van der Waals surface area (Å²) in [5.41, 5.74) is 3.67. The van der Waals surface area contributed by atoms with Crippen LogP contribution in [0.15, 0.2) is 79.0 Å². The van der Waals surface area contributed by atoms with Gasteiger partial charge >= 0.3 is 6.03 Å². The molecule has 1 aliphatic heterocycles. The van der Waals surface area contributed by atoms with Gasteiger partial charge in [-0.2, -0.15) is 0 Å². The maximum atomic E-state index is 14.5. The summed E-state index contributed by atoms with van der Waals surface area (Å²) in [4.78, 5) is 31.4. The lowest BCUT2D eigenvalue weighted by atomic mass is 9.96. The molecular formula is C33H36N4O6. The summed E-state index contributed by atoms with van der Waals surface area (Å²) in [5, 5.41) is 2.90. The molecular weight excluding hydrogens is 548 g/mol. The van der Waals surface area contributed by atoms with Crippen molar-refractivity contribution in [3.8, 4) is 28.7 Å². The number of fused-ring (bicyclic) bond motifs is 3. The Balaban J connectivity index is 1.55. The number of carbonyl (C=O) groups excluding carboxylic acids is 2. The van der Waals surface area contributed by atoms with E-state index in [-0.39, 0.29) is 18.5 Å². The molecule has 224 valence electrons. The van der Waals surface area contributed by atoms with E-state index in [1.54, 1.807) is 44.4 Å². The van der Waals surface area contributed by atoms with E-state index in [0.717, 1.165) is 16.9 Å². The first-order valence-electron chi connectivity index (χ1n) is 13.9. The number of ether oxygens (including phenoxy) is 4. The van der Waals surface area contributed by atoms with Crippen LogP contribution in [-0.4, -0.2) is 62.4 Å². The Morgan fingerprint density at radius 1 is 0.814 bits per heavy atom. The summed E-state index contributed by atoms with van der Waals surface area (Å²) < 4.78 is 24.1. The minimum Gasteiger partial charge on any atom is -0.497 e. The van der Waals surface area contributed by atoms with E-state index < -0.39 is 12.1 Å². The summed E-state index contributed by atoms with van der Waals surface area (Å²) in [7, 11) is 6.28. The highest BCUT2D eigenvalue weighted by Crippen LogP contribution is 2.45. The number of methoxy groups -OCH3 is 4. The van der Waals surface area contributed by atoms with Crippen molar-refractivity contribution in [2.45, 2.75) is 25.9 Å². The van der Waals surface area contributed by atoms with Gasteiger partial charge in [-0.15, -0.1) is 0 Å². The number of carbonyl (C=O) groups is 2. The average Bonchev–Trinajstić information content (AvgIpc) is 3.52. The van der Waals surface area contributed by atoms with Crippen molar-refractivity contribution in [1.29, 1.82) is 0 Å². The number of amides is 3. The minimum atomic E-state index is -0.554. The molecule has 0 radical (unpaired) electrons. The molecule has 1 aliphatic rings. The molecule has 0 aliphatic carbocycles. The number of hydrogen-bond donors (Lipinski definition) is 1. The van der Waals surface area contributed by atoms with E-state index in [4.69, 9.17) is 18.9 Å². The zero-order valence-corrected chi connectivity index (χ0v) is 25.2. The Hall–Kier alpha value is -5.12. The Labute approximate surface area is 251 Å². The van der Waals surface area contributed by atoms with Crippen molar-refractivity contribution >= 4 is 23.3 Å². The maximum Gasteiger partial charge on any atom is 0.322 e. The van der Waals surface area contributed by atoms with Crippen LogP contribution >= 0.6 is 0 Å². The number of urea groups is 1. The standard InChI is InChI=1S/C33H36N4O6/c1-21(2)36(33(39)34-25-15-13-23(41-4)19-30(25)43-6)20-31(38)37-27-11-8-7-10-26(27)35-17-9-12-28(35)32(37)24-18-22(40-3)14-16-29(24)42-5/h7-19,21,32H,20H2,1-6H3,(H,34,39). The number of nitrogens with zero attached hydrogens (tertiary/aromatic N) is 3. The van der Waals surface area contributed by atoms with Gasteiger partial charge in [0.05, 0.1) is 51.2 Å². The van der Waals surface area contributed by atoms with E-state index >= 15 is 0 Å². The maximum absolute atomic E-state index is 14.5. The fraction of sp³-hybridized carbons (Fsp3) is 0.273. The van der Waals surface area contributed by atoms with E-state index in [2.05, 4.69) is 9.88 Å². The van der Waals surface area contributed by atoms with Crippen molar-refractivity contribution in [2.24, 2.45) is 0 Å². The average molecular weight is 585 g/mol. The van der Waals surface area contributed by atoms with Crippen LogP contribution in [0, 0.1) is 0 Å². The molecule has 1 aromatic heterocycles. The summed E-state index contributed by atoms with van der Waals surface area (Å²) in [5.74, 6) is 2.02. The van der Waals surface area contributed by atoms with Gasteiger partial charge in [0.25, 0.3) is 0 Å². The SMILES string of the molecule is COc1ccc(NC(=O)N(CC(=O)N2c3ccccc3-n3cccc3C2c2cc(OC)ccc2OC)C(C)C)c(OC)c1. The summed E-state index contributed by atoms with van der Waals surface area (Å²) in [6.07, 6.45) is 1.98. The summed E-state index contributed by atoms with van der Waals surface area (Å²) >= 11 is 0. The fourth-order valence-corrected chi connectivity index (χ4v) is 5.41. The molecule has 3 aromatic carbocycles. The van der Waals surface area contributed by atoms with E-state index in [1.807, 2.05) is 74.6 Å². The first-order valence-corrected chi connectivity index (χ1v) is 13.9. The van der Waals surface area contributed by atoms with Gasteiger partial charge in [-0.05, 0) is 68.4 Å². The van der Waals surface area contributed by atoms with Crippen LogP contribution in [0.2, 0.25) is 0 Å². The first-order chi connectivity index (χ1) is 20.8. The quantitative estimate of drug-likeness (QED) is 0.264. The molecule has 1 unspecified atom stereocenters. The van der Waals surface area contributed by atoms with Crippen molar-refractivity contribution in [2.75, 3.05) is 45.2 Å². The molecule has 1 N–H and O–H groups in total. The lowest BCUT2D eigenvalue weighted by Gasteiger charge is -2.40. The Morgan fingerprint density at radius 2 is 1.49 bits per heavy atom. The number of benzene rings is 3. The number of anilines is 2. The molecule has 3 amide bonds. The Bertz CT molecular complexity index is 1630. The summed E-state index contributed by atoms with van der Waals surface area (Å²) in [6.45, 7) is 3.56. The van der Waals surface area contributed by atoms with Crippen molar-refractivity contribution in [3.05, 3.63) is 90.3 Å². The smallest absolute Gasteiger partial charge is 0.322 e. The first kappa shape index (κ1) is 29.4. The molecule has 1 atom stereocenters. The number of aromatic nitrogens is 1. The van der Waals surface area contributed by atoms with Crippen LogP contribution in [0.5, 0.6) is 23.0 Å². The number of nitrogens with one attached hydrogen (secondary N) is 1. The third kappa shape index (κ3) is 5.55. The lowest BCUT2D eigenvalue weighted by Crippen LogP contribution is -2.49. The third-order valence-electron chi connectivity index (χ3n) is 7.56. The Morgan fingerprint density at radius 3 is 2.16 bits per heavy atom. The monoisotopic (exact) mass is 584 g/mol. The lowest BCUT2D eigenvalue weighted by molar-refractivity contribution is -0.119. The number of rotatable bonds is 9. The largest absolute Gasteiger partial charge is 0.497 e. The van der Waals surface area contributed by atoms with Gasteiger partial charge in [-0.3, -0.25) is 9.69 Å². The van der Waals surface area contributed by atoms with Crippen LogP contribution in [0.1, 0.15) is 31.1 Å². The van der Waals surface area contributed by atoms with E-state index in [9.17, 15) is 9.59 Å². The highest BCUT2D eigenvalue weighted by Gasteiger charge is 2.39. The van der Waals surface area contributed by atoms with Gasteiger partial charge in [0.2, 0.25) is 5.91 Å². The molecule has 4 aromatic rings. The highest BCUT2D eigenvalue weighted by atomic mass is 16.5. The second-order valence-corrected chi connectivity index (χ2v) is 10.3. The Kier molecular flexibility index (Phi) is 8.47. The van der Waals surface area contributed by atoms with Gasteiger partial charge in [-0.25, -0.2) is 4.79 Å². The molecule has 10 nitrogen and oxygen atoms in total. The van der Waals surface area contributed by atoms with Crippen LogP contribution in [-0.2, 0) is 4.79 Å². The fourth-order valence-electron chi connectivity index (χ4n) is 5.41. The van der Waals surface area contributed by atoms with Gasteiger partial charge in [-0.1, -0.05) is 12.1 Å². The normalized spacial score (nSPS) is 13.6. The van der Waals surface area contributed by atoms with Crippen LogP contribution in [0.4, 0.5) is 16.2 Å². The highest BCUT2D eigenvalue weighted by molar-refractivity contribution is 6.02. The van der Waals surface area contributed by atoms with Gasteiger partial charge in [0.15, 0.2) is 0 Å². The van der Waals surface area contributed by atoms with Crippen molar-refractivity contribution in [1.82, 2.24) is 9.47 Å². The van der Waals surface area contributed by atoms with Crippen molar-refractivity contribution < 1.29 is 28.5 Å². The van der Waals surface area contributed by atoms with Gasteiger partial charge in [0, 0.05) is 23.9 Å². The van der Waals surface area contributed by atoms with Gasteiger partial charge in [0.1, 0.15) is 35.6 Å². The molecule has 2 heterocycles. The van der Waals surface area contributed by atoms with Crippen LogP contribution in [0.3, 0.4) is 0 Å². The topological polar surface area (TPSA) is 94.5 Å². The second-order valence-electron chi connectivity index (χ2n) is 10.3. The van der Waals surface area contributed by atoms with E-state index in [1.165, 1.54) is 12.0 Å². The molecule has 10 heteroatoms. The molecule has 0 saturated carbocycles. The predicted octanol–water partition coefficient (Wildman–Crippen LogP) is 5.89. The number of para-hydroxylation sites is 2. The molecule has 0 spiro atoms. The van der Waals surface area contributed by atoms with Crippen LogP contribution < -0.4 is 29.2 Å². The second kappa shape index (κ2) is 12.4. The molecule has 43 heavy (non-hydrogen) atoms. The molecule has 5 rings (SSSR count). The van der Waals surface area contributed by atoms with Crippen LogP contribution in [0.25, 0.3) is 5.69 Å². The summed E-state index contributed by atoms with van der Waals surface area (Å²) in [6, 6.07) is 21.1. The van der Waals surface area contributed by atoms with Gasteiger partial charge < -0.3 is 33.7 Å². The number of hydrogen-bond acceptors (Lipinski definition) is 6.